The Morgan fingerprint density at radius 1 is 1.00 bits per heavy atom. The molecule has 0 aliphatic heterocycles. The first-order chi connectivity index (χ1) is 12.7. The van der Waals surface area contributed by atoms with E-state index in [9.17, 15) is 9.59 Å². The van der Waals surface area contributed by atoms with Gasteiger partial charge in [0.2, 0.25) is 0 Å². The number of thiophene rings is 2. The van der Waals surface area contributed by atoms with Crippen LogP contribution in [0, 0.1) is 0 Å². The first-order valence-corrected chi connectivity index (χ1v) is 9.39. The standard InChI is InChI=1S/C18H12N4O2S2/c23-16(11-4-5-25-9-11)21-13-2-1-3-14(7-13)22-17(24)15-6-12-8-19-10-20-18(12)26-15/h1-10H,(H,21,23)(H,22,24). The van der Waals surface area contributed by atoms with Gasteiger partial charge in [0, 0.05) is 28.3 Å². The summed E-state index contributed by atoms with van der Waals surface area (Å²) in [5, 5.41) is 10.1. The summed E-state index contributed by atoms with van der Waals surface area (Å²) in [4.78, 5) is 34.0. The van der Waals surface area contributed by atoms with Crippen LogP contribution in [-0.4, -0.2) is 21.8 Å². The van der Waals surface area contributed by atoms with E-state index in [1.807, 2.05) is 5.38 Å². The monoisotopic (exact) mass is 380 g/mol. The van der Waals surface area contributed by atoms with E-state index >= 15 is 0 Å². The highest BCUT2D eigenvalue weighted by Crippen LogP contribution is 2.24. The van der Waals surface area contributed by atoms with Crippen molar-refractivity contribution in [1.29, 1.82) is 0 Å². The molecule has 26 heavy (non-hydrogen) atoms. The molecule has 6 nitrogen and oxygen atoms in total. The van der Waals surface area contributed by atoms with Crippen molar-refractivity contribution in [3.63, 3.8) is 0 Å². The molecule has 3 heterocycles. The number of hydrogen-bond donors (Lipinski definition) is 2. The summed E-state index contributed by atoms with van der Waals surface area (Å²) in [5.41, 5.74) is 1.82. The molecular weight excluding hydrogens is 368 g/mol. The first-order valence-electron chi connectivity index (χ1n) is 7.63. The highest BCUT2D eigenvalue weighted by Gasteiger charge is 2.12. The van der Waals surface area contributed by atoms with Crippen LogP contribution in [-0.2, 0) is 0 Å². The van der Waals surface area contributed by atoms with Crippen LogP contribution < -0.4 is 10.6 Å². The van der Waals surface area contributed by atoms with Crippen molar-refractivity contribution in [2.75, 3.05) is 10.6 Å². The molecule has 0 bridgehead atoms. The summed E-state index contributed by atoms with van der Waals surface area (Å²) in [7, 11) is 0. The second-order valence-corrected chi connectivity index (χ2v) is 7.21. The fourth-order valence-corrected chi connectivity index (χ4v) is 3.87. The van der Waals surface area contributed by atoms with Crippen molar-refractivity contribution in [3.8, 4) is 0 Å². The van der Waals surface area contributed by atoms with Gasteiger partial charge in [-0.25, -0.2) is 9.97 Å². The van der Waals surface area contributed by atoms with Crippen LogP contribution in [0.3, 0.4) is 0 Å². The zero-order chi connectivity index (χ0) is 17.9. The van der Waals surface area contributed by atoms with Gasteiger partial charge in [0.25, 0.3) is 11.8 Å². The predicted molar refractivity (Wildman–Crippen MR) is 104 cm³/mol. The van der Waals surface area contributed by atoms with Crippen molar-refractivity contribution in [2.24, 2.45) is 0 Å². The highest BCUT2D eigenvalue weighted by atomic mass is 32.1. The Kier molecular flexibility index (Phi) is 4.42. The molecule has 3 aromatic heterocycles. The van der Waals surface area contributed by atoms with E-state index in [4.69, 9.17) is 0 Å². The van der Waals surface area contributed by atoms with Crippen molar-refractivity contribution in [3.05, 3.63) is 70.1 Å². The minimum atomic E-state index is -0.227. The topological polar surface area (TPSA) is 84.0 Å². The Hall–Kier alpha value is -3.10. The summed E-state index contributed by atoms with van der Waals surface area (Å²) in [6, 6.07) is 10.6. The summed E-state index contributed by atoms with van der Waals surface area (Å²) < 4.78 is 0. The molecule has 0 fully saturated rings. The largest absolute Gasteiger partial charge is 0.322 e. The van der Waals surface area contributed by atoms with Crippen LogP contribution >= 0.6 is 22.7 Å². The molecule has 8 heteroatoms. The fourth-order valence-electron chi connectivity index (χ4n) is 2.36. The molecule has 0 spiro atoms. The second-order valence-electron chi connectivity index (χ2n) is 5.39. The second kappa shape index (κ2) is 7.03. The van der Waals surface area contributed by atoms with Gasteiger partial charge in [-0.2, -0.15) is 11.3 Å². The lowest BCUT2D eigenvalue weighted by atomic mass is 10.2. The van der Waals surface area contributed by atoms with Crippen molar-refractivity contribution in [2.45, 2.75) is 0 Å². The number of anilines is 2. The smallest absolute Gasteiger partial charge is 0.265 e. The summed E-state index contributed by atoms with van der Waals surface area (Å²) in [6.07, 6.45) is 3.14. The normalized spacial score (nSPS) is 10.6. The van der Waals surface area contributed by atoms with E-state index in [2.05, 4.69) is 20.6 Å². The number of amides is 2. The average Bonchev–Trinajstić information content (AvgIpc) is 3.31. The van der Waals surface area contributed by atoms with Crippen molar-refractivity contribution in [1.82, 2.24) is 9.97 Å². The van der Waals surface area contributed by atoms with Crippen molar-refractivity contribution >= 4 is 56.1 Å². The number of nitrogens with zero attached hydrogens (tertiary/aromatic N) is 2. The summed E-state index contributed by atoms with van der Waals surface area (Å²) in [6.45, 7) is 0. The number of nitrogens with one attached hydrogen (secondary N) is 2. The fraction of sp³-hybridized carbons (Fsp3) is 0. The lowest BCUT2D eigenvalue weighted by molar-refractivity contribution is 0.102. The SMILES string of the molecule is O=C(Nc1cccc(NC(=O)c2cc3cncnc3s2)c1)c1ccsc1. The first kappa shape index (κ1) is 16.4. The van der Waals surface area contributed by atoms with E-state index in [0.29, 0.717) is 21.8 Å². The lowest BCUT2D eigenvalue weighted by Gasteiger charge is -2.07. The van der Waals surface area contributed by atoms with Crippen LogP contribution in [0.5, 0.6) is 0 Å². The Balaban J connectivity index is 1.49. The predicted octanol–water partition coefficient (Wildman–Crippen LogP) is 4.26. The van der Waals surface area contributed by atoms with E-state index in [-0.39, 0.29) is 11.8 Å². The molecule has 0 saturated carbocycles. The highest BCUT2D eigenvalue weighted by molar-refractivity contribution is 7.20. The zero-order valence-corrected chi connectivity index (χ0v) is 14.9. The molecule has 4 aromatic rings. The number of carbonyl (C=O) groups excluding carboxylic acids is 2. The number of carbonyl (C=O) groups is 2. The van der Waals surface area contributed by atoms with Crippen LogP contribution in [0.25, 0.3) is 10.2 Å². The molecule has 2 amide bonds. The van der Waals surface area contributed by atoms with Gasteiger partial charge in [0.05, 0.1) is 10.4 Å². The average molecular weight is 380 g/mol. The third kappa shape index (κ3) is 3.46. The van der Waals surface area contributed by atoms with Gasteiger partial charge in [-0.05, 0) is 35.7 Å². The third-order valence-electron chi connectivity index (χ3n) is 3.58. The maximum absolute atomic E-state index is 12.5. The lowest BCUT2D eigenvalue weighted by Crippen LogP contribution is -2.12. The summed E-state index contributed by atoms with van der Waals surface area (Å²) >= 11 is 2.77. The van der Waals surface area contributed by atoms with Crippen LogP contribution in [0.15, 0.2) is 59.7 Å². The Morgan fingerprint density at radius 3 is 2.54 bits per heavy atom. The molecule has 2 N–H and O–H groups in total. The van der Waals surface area contributed by atoms with E-state index in [1.165, 1.54) is 29.0 Å². The Labute approximate surface area is 156 Å². The van der Waals surface area contributed by atoms with Crippen molar-refractivity contribution < 1.29 is 9.59 Å². The summed E-state index contributed by atoms with van der Waals surface area (Å²) in [5.74, 6) is -0.410. The number of aromatic nitrogens is 2. The third-order valence-corrected chi connectivity index (χ3v) is 5.32. The van der Waals surface area contributed by atoms with Gasteiger partial charge in [0.1, 0.15) is 11.2 Å². The number of hydrogen-bond acceptors (Lipinski definition) is 6. The van der Waals surface area contributed by atoms with E-state index in [1.54, 1.807) is 48.0 Å². The Morgan fingerprint density at radius 2 is 1.81 bits per heavy atom. The number of fused-ring (bicyclic) bond motifs is 1. The molecule has 0 atom stereocenters. The van der Waals surface area contributed by atoms with Crippen LogP contribution in [0.1, 0.15) is 20.0 Å². The maximum Gasteiger partial charge on any atom is 0.265 e. The maximum atomic E-state index is 12.5. The molecule has 0 unspecified atom stereocenters. The van der Waals surface area contributed by atoms with E-state index in [0.717, 1.165) is 10.2 Å². The molecular formula is C18H12N4O2S2. The molecule has 4 rings (SSSR count). The van der Waals surface area contributed by atoms with Crippen LogP contribution in [0.2, 0.25) is 0 Å². The molecule has 0 radical (unpaired) electrons. The van der Waals surface area contributed by atoms with Gasteiger partial charge in [0.15, 0.2) is 0 Å². The minimum Gasteiger partial charge on any atom is -0.322 e. The number of benzene rings is 1. The van der Waals surface area contributed by atoms with Gasteiger partial charge in [-0.3, -0.25) is 9.59 Å². The molecule has 0 saturated heterocycles. The molecule has 128 valence electrons. The quantitative estimate of drug-likeness (QED) is 0.554. The van der Waals surface area contributed by atoms with Crippen LogP contribution in [0.4, 0.5) is 11.4 Å². The molecule has 0 aliphatic carbocycles. The number of rotatable bonds is 4. The van der Waals surface area contributed by atoms with Gasteiger partial charge in [-0.15, -0.1) is 11.3 Å². The zero-order valence-electron chi connectivity index (χ0n) is 13.3. The van der Waals surface area contributed by atoms with E-state index < -0.39 is 0 Å². The minimum absolute atomic E-state index is 0.183. The Bertz CT molecular complexity index is 1060. The molecule has 1 aromatic carbocycles. The molecule has 0 aliphatic rings. The van der Waals surface area contributed by atoms with Gasteiger partial charge in [-0.1, -0.05) is 6.07 Å². The van der Waals surface area contributed by atoms with Gasteiger partial charge < -0.3 is 10.6 Å². The van der Waals surface area contributed by atoms with Gasteiger partial charge >= 0.3 is 0 Å².